The average Bonchev–Trinajstić information content (AvgIpc) is 3.15. The van der Waals surface area contributed by atoms with E-state index < -0.39 is 23.8 Å². The van der Waals surface area contributed by atoms with Crippen molar-refractivity contribution in [3.05, 3.63) is 40.4 Å². The average molecular weight is 443 g/mol. The van der Waals surface area contributed by atoms with Crippen LogP contribution in [0.3, 0.4) is 0 Å². The summed E-state index contributed by atoms with van der Waals surface area (Å²) in [6.07, 6.45) is -2.20. The van der Waals surface area contributed by atoms with Crippen molar-refractivity contribution >= 4 is 22.5 Å². The van der Waals surface area contributed by atoms with E-state index in [0.717, 1.165) is 30.0 Å². The van der Waals surface area contributed by atoms with E-state index in [1.807, 2.05) is 13.8 Å². The van der Waals surface area contributed by atoms with Gasteiger partial charge in [-0.1, -0.05) is 37.3 Å². The van der Waals surface area contributed by atoms with Gasteiger partial charge in [0.15, 0.2) is 0 Å². The Labute approximate surface area is 177 Å². The zero-order valence-electron chi connectivity index (χ0n) is 16.8. The van der Waals surface area contributed by atoms with E-state index >= 15 is 0 Å². The number of benzene rings is 1. The minimum absolute atomic E-state index is 0.173. The summed E-state index contributed by atoms with van der Waals surface area (Å²) in [5.74, 6) is 0.445. The van der Waals surface area contributed by atoms with Crippen LogP contribution in [0.15, 0.2) is 24.3 Å². The molecule has 1 aliphatic rings. The molecule has 1 aromatic heterocycles. The zero-order chi connectivity index (χ0) is 21.7. The maximum Gasteiger partial charge on any atom is 0.416 e. The standard InChI is InChI=1S/C20H25F3N4O2S/c1-12(2)10-16(14-4-3-5-15(11-14)20(21,22)23)24-18(28)25-19-27-26-17(30-19)13-6-8-29-9-7-13/h3-5,11-13,16H,6-10H2,1-2H3,(H2,24,25,27,28). The van der Waals surface area contributed by atoms with E-state index in [1.54, 1.807) is 6.07 Å². The van der Waals surface area contributed by atoms with Crippen LogP contribution in [0.25, 0.3) is 0 Å². The molecule has 0 saturated carbocycles. The molecule has 1 fully saturated rings. The number of nitrogens with zero attached hydrogens (tertiary/aromatic N) is 2. The lowest BCUT2D eigenvalue weighted by Gasteiger charge is -2.22. The molecule has 3 rings (SSSR count). The summed E-state index contributed by atoms with van der Waals surface area (Å²) >= 11 is 1.31. The number of hydrogen-bond donors (Lipinski definition) is 2. The first kappa shape index (κ1) is 22.5. The van der Waals surface area contributed by atoms with Gasteiger partial charge in [-0.3, -0.25) is 5.32 Å². The first-order valence-corrected chi connectivity index (χ1v) is 10.7. The molecule has 30 heavy (non-hydrogen) atoms. The Morgan fingerprint density at radius 2 is 2.00 bits per heavy atom. The third-order valence-electron chi connectivity index (χ3n) is 4.86. The van der Waals surface area contributed by atoms with E-state index in [9.17, 15) is 18.0 Å². The number of carbonyl (C=O) groups excluding carboxylic acids is 1. The summed E-state index contributed by atoms with van der Waals surface area (Å²) in [5, 5.41) is 14.8. The lowest BCUT2D eigenvalue weighted by atomic mass is 9.95. The fraction of sp³-hybridized carbons (Fsp3) is 0.550. The second kappa shape index (κ2) is 9.74. The Kier molecular flexibility index (Phi) is 7.30. The van der Waals surface area contributed by atoms with Crippen LogP contribution in [0.5, 0.6) is 0 Å². The second-order valence-electron chi connectivity index (χ2n) is 7.74. The molecule has 1 atom stereocenters. The first-order chi connectivity index (χ1) is 14.2. The van der Waals surface area contributed by atoms with Gasteiger partial charge in [0.05, 0.1) is 11.6 Å². The minimum atomic E-state index is -4.44. The van der Waals surface area contributed by atoms with Gasteiger partial charge in [0.2, 0.25) is 5.13 Å². The molecular weight excluding hydrogens is 417 g/mol. The number of alkyl halides is 3. The Morgan fingerprint density at radius 3 is 2.67 bits per heavy atom. The van der Waals surface area contributed by atoms with Gasteiger partial charge >= 0.3 is 12.2 Å². The van der Waals surface area contributed by atoms with Crippen molar-refractivity contribution in [2.45, 2.75) is 51.2 Å². The molecule has 1 aliphatic heterocycles. The molecule has 2 heterocycles. The van der Waals surface area contributed by atoms with Gasteiger partial charge in [-0.05, 0) is 42.9 Å². The first-order valence-electron chi connectivity index (χ1n) is 9.88. The predicted octanol–water partition coefficient (Wildman–Crippen LogP) is 5.36. The minimum Gasteiger partial charge on any atom is -0.381 e. The third kappa shape index (κ3) is 6.15. The molecule has 0 bridgehead atoms. The van der Waals surface area contributed by atoms with Crippen LogP contribution in [0.4, 0.5) is 23.1 Å². The lowest BCUT2D eigenvalue weighted by molar-refractivity contribution is -0.137. The summed E-state index contributed by atoms with van der Waals surface area (Å²) < 4.78 is 44.6. The van der Waals surface area contributed by atoms with Gasteiger partial charge in [0, 0.05) is 19.1 Å². The summed E-state index contributed by atoms with van der Waals surface area (Å²) in [6.45, 7) is 5.26. The molecule has 1 aromatic carbocycles. The quantitative estimate of drug-likeness (QED) is 0.632. The van der Waals surface area contributed by atoms with E-state index in [-0.39, 0.29) is 11.8 Å². The summed E-state index contributed by atoms with van der Waals surface area (Å²) in [6, 6.07) is 3.98. The fourth-order valence-corrected chi connectivity index (χ4v) is 4.28. The normalized spacial score (nSPS) is 16.5. The molecule has 10 heteroatoms. The SMILES string of the molecule is CC(C)CC(NC(=O)Nc1nnc(C2CCOCC2)s1)c1cccc(C(F)(F)F)c1. The Balaban J connectivity index is 1.68. The van der Waals surface area contributed by atoms with E-state index in [0.29, 0.717) is 30.3 Å². The lowest BCUT2D eigenvalue weighted by Crippen LogP contribution is -2.33. The van der Waals surface area contributed by atoms with Crippen LogP contribution >= 0.6 is 11.3 Å². The largest absolute Gasteiger partial charge is 0.416 e. The van der Waals surface area contributed by atoms with Crippen LogP contribution in [0.2, 0.25) is 0 Å². The van der Waals surface area contributed by atoms with Gasteiger partial charge in [-0.2, -0.15) is 13.2 Å². The van der Waals surface area contributed by atoms with Gasteiger partial charge in [0.1, 0.15) is 5.01 Å². The highest BCUT2D eigenvalue weighted by Crippen LogP contribution is 2.33. The Morgan fingerprint density at radius 1 is 1.27 bits per heavy atom. The van der Waals surface area contributed by atoms with Crippen molar-refractivity contribution in [1.29, 1.82) is 0 Å². The number of ether oxygens (including phenoxy) is 1. The number of amides is 2. The zero-order valence-corrected chi connectivity index (χ0v) is 17.6. The van der Waals surface area contributed by atoms with Crippen molar-refractivity contribution in [2.24, 2.45) is 5.92 Å². The molecule has 1 unspecified atom stereocenters. The Bertz CT molecular complexity index is 851. The van der Waals surface area contributed by atoms with Crippen molar-refractivity contribution in [3.63, 3.8) is 0 Å². The number of aromatic nitrogens is 2. The van der Waals surface area contributed by atoms with Crippen LogP contribution in [-0.4, -0.2) is 29.4 Å². The smallest absolute Gasteiger partial charge is 0.381 e. The van der Waals surface area contributed by atoms with Gasteiger partial charge in [-0.15, -0.1) is 10.2 Å². The van der Waals surface area contributed by atoms with Crippen LogP contribution in [0.1, 0.15) is 61.2 Å². The monoisotopic (exact) mass is 442 g/mol. The molecule has 2 amide bonds. The van der Waals surface area contributed by atoms with Gasteiger partial charge in [-0.25, -0.2) is 4.79 Å². The molecule has 6 nitrogen and oxygen atoms in total. The Hall–Kier alpha value is -2.20. The summed E-state index contributed by atoms with van der Waals surface area (Å²) in [5.41, 5.74) is -0.324. The predicted molar refractivity (Wildman–Crippen MR) is 108 cm³/mol. The van der Waals surface area contributed by atoms with Crippen LogP contribution < -0.4 is 10.6 Å². The third-order valence-corrected chi connectivity index (χ3v) is 5.86. The maximum atomic E-state index is 13.1. The molecule has 0 aliphatic carbocycles. The van der Waals surface area contributed by atoms with E-state index in [1.165, 1.54) is 17.4 Å². The molecule has 0 radical (unpaired) electrons. The van der Waals surface area contributed by atoms with E-state index in [4.69, 9.17) is 4.74 Å². The van der Waals surface area contributed by atoms with Gasteiger partial charge in [0.25, 0.3) is 0 Å². The molecule has 0 spiro atoms. The highest BCUT2D eigenvalue weighted by Gasteiger charge is 2.31. The molecule has 1 saturated heterocycles. The maximum absolute atomic E-state index is 13.1. The van der Waals surface area contributed by atoms with Crippen molar-refractivity contribution in [3.8, 4) is 0 Å². The second-order valence-corrected chi connectivity index (χ2v) is 8.75. The summed E-state index contributed by atoms with van der Waals surface area (Å²) in [4.78, 5) is 12.5. The van der Waals surface area contributed by atoms with E-state index in [2.05, 4.69) is 20.8 Å². The highest BCUT2D eigenvalue weighted by molar-refractivity contribution is 7.15. The van der Waals surface area contributed by atoms with Gasteiger partial charge < -0.3 is 10.1 Å². The van der Waals surface area contributed by atoms with Crippen molar-refractivity contribution in [1.82, 2.24) is 15.5 Å². The molecule has 2 aromatic rings. The van der Waals surface area contributed by atoms with Crippen LogP contribution in [0, 0.1) is 5.92 Å². The van der Waals surface area contributed by atoms with Crippen LogP contribution in [-0.2, 0) is 10.9 Å². The number of urea groups is 1. The summed E-state index contributed by atoms with van der Waals surface area (Å²) in [7, 11) is 0. The van der Waals surface area contributed by atoms with Crippen molar-refractivity contribution < 1.29 is 22.7 Å². The molecular formula is C20H25F3N4O2S. The fourth-order valence-electron chi connectivity index (χ4n) is 3.37. The topological polar surface area (TPSA) is 76.1 Å². The number of nitrogens with one attached hydrogen (secondary N) is 2. The number of anilines is 1. The number of rotatable bonds is 6. The molecule has 2 N–H and O–H groups in total. The van der Waals surface area contributed by atoms with Crippen molar-refractivity contribution in [2.75, 3.05) is 18.5 Å². The number of carbonyl (C=O) groups is 1. The number of halogens is 3. The molecule has 164 valence electrons. The highest BCUT2D eigenvalue weighted by atomic mass is 32.1. The number of hydrogen-bond acceptors (Lipinski definition) is 5.